The molecule has 184 valence electrons. The average Bonchev–Trinajstić information content (AvgIpc) is 3.07. The Morgan fingerprint density at radius 3 is 2.54 bits per heavy atom. The predicted octanol–water partition coefficient (Wildman–Crippen LogP) is 4.38. The van der Waals surface area contributed by atoms with E-state index in [2.05, 4.69) is 21.2 Å². The lowest BCUT2D eigenvalue weighted by Gasteiger charge is -2.13. The molecule has 1 aliphatic heterocycles. The van der Waals surface area contributed by atoms with Gasteiger partial charge in [0.15, 0.2) is 18.1 Å². The maximum atomic E-state index is 12.8. The Kier molecular flexibility index (Phi) is 8.94. The highest BCUT2D eigenvalue weighted by atomic mass is 79.9. The third kappa shape index (κ3) is 6.86. The van der Waals surface area contributed by atoms with E-state index in [9.17, 15) is 19.2 Å². The average molecular weight is 563 g/mol. The van der Waals surface area contributed by atoms with Crippen LogP contribution < -0.4 is 14.8 Å². The molecule has 0 aromatic heterocycles. The zero-order valence-corrected chi connectivity index (χ0v) is 21.7. The van der Waals surface area contributed by atoms with Crippen molar-refractivity contribution in [3.05, 3.63) is 56.9 Å². The Bertz CT molecular complexity index is 1180. The Hall–Kier alpha value is -3.31. The summed E-state index contributed by atoms with van der Waals surface area (Å²) in [5.41, 5.74) is 2.16. The van der Waals surface area contributed by atoms with E-state index in [0.29, 0.717) is 27.2 Å². The molecule has 1 aliphatic rings. The summed E-state index contributed by atoms with van der Waals surface area (Å²) in [6, 6.07) is 10.4. The van der Waals surface area contributed by atoms with E-state index in [1.165, 1.54) is 13.2 Å². The number of anilines is 1. The van der Waals surface area contributed by atoms with Crippen LogP contribution in [-0.4, -0.2) is 54.8 Å². The summed E-state index contributed by atoms with van der Waals surface area (Å²) in [5, 5.41) is 2.13. The van der Waals surface area contributed by atoms with Crippen LogP contribution in [0.25, 0.3) is 6.08 Å². The molecular weight excluding hydrogens is 540 g/mol. The quantitative estimate of drug-likeness (QED) is 0.354. The Balaban J connectivity index is 1.72. The molecule has 2 aromatic rings. The summed E-state index contributed by atoms with van der Waals surface area (Å²) in [6.07, 6.45) is 1.52. The van der Waals surface area contributed by atoms with Crippen molar-refractivity contribution < 1.29 is 33.4 Å². The van der Waals surface area contributed by atoms with E-state index in [1.807, 2.05) is 19.1 Å². The first-order valence-corrected chi connectivity index (χ1v) is 12.1. The topological polar surface area (TPSA) is 111 Å². The second-order valence-electron chi connectivity index (χ2n) is 7.31. The number of hydrogen-bond donors (Lipinski definition) is 1. The summed E-state index contributed by atoms with van der Waals surface area (Å²) in [7, 11) is 1.43. The van der Waals surface area contributed by atoms with Gasteiger partial charge in [0.25, 0.3) is 11.1 Å². The highest BCUT2D eigenvalue weighted by Crippen LogP contribution is 2.39. The standard InChI is InChI=1S/C24H23BrN2O7S/c1-4-33-21(29)13-34-22-17(25)9-15(10-18(22)32-3)11-19-23(30)27(24(31)35-19)12-20(28)26-16-7-5-14(2)6-8-16/h5-11H,4,12-13H2,1-3H3,(H,26,28)/b19-11-. The van der Waals surface area contributed by atoms with Gasteiger partial charge in [-0.1, -0.05) is 17.7 Å². The number of carbonyl (C=O) groups excluding carboxylic acids is 4. The molecule has 1 fully saturated rings. The molecule has 9 nitrogen and oxygen atoms in total. The first kappa shape index (κ1) is 26.3. The number of imide groups is 1. The number of nitrogens with zero attached hydrogens (tertiary/aromatic N) is 1. The van der Waals surface area contributed by atoms with Crippen LogP contribution >= 0.6 is 27.7 Å². The number of aryl methyl sites for hydroxylation is 1. The molecule has 11 heteroatoms. The number of esters is 1. The summed E-state index contributed by atoms with van der Waals surface area (Å²) >= 11 is 4.12. The normalized spacial score (nSPS) is 14.3. The zero-order valence-electron chi connectivity index (χ0n) is 19.3. The molecular formula is C24H23BrN2O7S. The lowest BCUT2D eigenvalue weighted by molar-refractivity contribution is -0.145. The molecule has 1 saturated heterocycles. The van der Waals surface area contributed by atoms with Crippen LogP contribution in [0.4, 0.5) is 10.5 Å². The van der Waals surface area contributed by atoms with Gasteiger partial charge in [-0.2, -0.15) is 0 Å². The Morgan fingerprint density at radius 1 is 1.17 bits per heavy atom. The highest BCUT2D eigenvalue weighted by Gasteiger charge is 2.36. The van der Waals surface area contributed by atoms with Crippen LogP contribution in [-0.2, 0) is 19.1 Å². The largest absolute Gasteiger partial charge is 0.493 e. The maximum absolute atomic E-state index is 12.8. The van der Waals surface area contributed by atoms with Gasteiger partial charge < -0.3 is 19.5 Å². The maximum Gasteiger partial charge on any atom is 0.344 e. The second kappa shape index (κ2) is 11.9. The van der Waals surface area contributed by atoms with Crippen molar-refractivity contribution in [2.45, 2.75) is 13.8 Å². The van der Waals surface area contributed by atoms with Gasteiger partial charge in [-0.3, -0.25) is 19.3 Å². The van der Waals surface area contributed by atoms with Gasteiger partial charge in [-0.05, 0) is 77.4 Å². The molecule has 0 saturated carbocycles. The lowest BCUT2D eigenvalue weighted by atomic mass is 10.2. The molecule has 0 bridgehead atoms. The number of halogens is 1. The highest BCUT2D eigenvalue weighted by molar-refractivity contribution is 9.10. The molecule has 0 radical (unpaired) electrons. The fourth-order valence-electron chi connectivity index (χ4n) is 3.07. The zero-order chi connectivity index (χ0) is 25.5. The van der Waals surface area contributed by atoms with Crippen LogP contribution in [0.3, 0.4) is 0 Å². The minimum Gasteiger partial charge on any atom is -0.493 e. The van der Waals surface area contributed by atoms with Crippen molar-refractivity contribution in [2.75, 3.05) is 32.2 Å². The van der Waals surface area contributed by atoms with Crippen molar-refractivity contribution in [1.82, 2.24) is 4.90 Å². The van der Waals surface area contributed by atoms with Crippen molar-refractivity contribution in [1.29, 1.82) is 0 Å². The molecule has 3 amide bonds. The number of amides is 3. The molecule has 1 N–H and O–H groups in total. The summed E-state index contributed by atoms with van der Waals surface area (Å²) in [4.78, 5) is 50.2. The van der Waals surface area contributed by atoms with Gasteiger partial charge in [-0.25, -0.2) is 4.79 Å². The first-order chi connectivity index (χ1) is 16.7. The van der Waals surface area contributed by atoms with Gasteiger partial charge in [-0.15, -0.1) is 0 Å². The molecule has 2 aromatic carbocycles. The molecule has 0 unspecified atom stereocenters. The minimum atomic E-state index is -0.572. The summed E-state index contributed by atoms with van der Waals surface area (Å²) in [5.74, 6) is -0.975. The van der Waals surface area contributed by atoms with Crippen molar-refractivity contribution in [2.24, 2.45) is 0 Å². The molecule has 35 heavy (non-hydrogen) atoms. The number of methoxy groups -OCH3 is 1. The van der Waals surface area contributed by atoms with Crippen LogP contribution in [0.5, 0.6) is 11.5 Å². The Labute approximate surface area is 214 Å². The molecule has 0 atom stereocenters. The molecule has 0 spiro atoms. The number of nitrogens with one attached hydrogen (secondary N) is 1. The molecule has 3 rings (SSSR count). The summed E-state index contributed by atoms with van der Waals surface area (Å²) in [6.45, 7) is 3.16. The number of thioether (sulfide) groups is 1. The lowest BCUT2D eigenvalue weighted by Crippen LogP contribution is -2.36. The van der Waals surface area contributed by atoms with E-state index >= 15 is 0 Å². The first-order valence-electron chi connectivity index (χ1n) is 10.5. The SMILES string of the molecule is CCOC(=O)COc1c(Br)cc(/C=C2\SC(=O)N(CC(=O)Nc3ccc(C)cc3)C2=O)cc1OC. The fraction of sp³-hybridized carbons (Fsp3) is 0.250. The van der Waals surface area contributed by atoms with Crippen molar-refractivity contribution in [3.8, 4) is 11.5 Å². The smallest absolute Gasteiger partial charge is 0.344 e. The van der Waals surface area contributed by atoms with Gasteiger partial charge in [0.2, 0.25) is 5.91 Å². The van der Waals surface area contributed by atoms with Gasteiger partial charge in [0.05, 0.1) is 23.1 Å². The third-order valence-electron chi connectivity index (χ3n) is 4.70. The van der Waals surface area contributed by atoms with Crippen molar-refractivity contribution >= 4 is 62.5 Å². The van der Waals surface area contributed by atoms with Gasteiger partial charge >= 0.3 is 5.97 Å². The number of rotatable bonds is 9. The predicted molar refractivity (Wildman–Crippen MR) is 135 cm³/mol. The molecule has 1 heterocycles. The van der Waals surface area contributed by atoms with Gasteiger partial charge in [0, 0.05) is 5.69 Å². The van der Waals surface area contributed by atoms with E-state index in [1.54, 1.807) is 31.2 Å². The second-order valence-corrected chi connectivity index (χ2v) is 9.16. The fourth-order valence-corrected chi connectivity index (χ4v) is 4.48. The number of carbonyl (C=O) groups is 4. The van der Waals surface area contributed by atoms with Crippen molar-refractivity contribution in [3.63, 3.8) is 0 Å². The van der Waals surface area contributed by atoms with Crippen LogP contribution in [0, 0.1) is 6.92 Å². The number of benzene rings is 2. The van der Waals surface area contributed by atoms with Crippen LogP contribution in [0.1, 0.15) is 18.1 Å². The summed E-state index contributed by atoms with van der Waals surface area (Å²) < 4.78 is 16.2. The number of hydrogen-bond acceptors (Lipinski definition) is 8. The van der Waals surface area contributed by atoms with E-state index in [-0.39, 0.29) is 18.1 Å². The van der Waals surface area contributed by atoms with E-state index < -0.39 is 29.6 Å². The van der Waals surface area contributed by atoms with E-state index in [0.717, 1.165) is 22.2 Å². The van der Waals surface area contributed by atoms with Crippen LogP contribution in [0.15, 0.2) is 45.8 Å². The molecule has 0 aliphatic carbocycles. The van der Waals surface area contributed by atoms with Gasteiger partial charge in [0.1, 0.15) is 6.54 Å². The Morgan fingerprint density at radius 2 is 1.89 bits per heavy atom. The third-order valence-corrected chi connectivity index (χ3v) is 6.20. The number of ether oxygens (including phenoxy) is 3. The van der Waals surface area contributed by atoms with Crippen LogP contribution in [0.2, 0.25) is 0 Å². The monoisotopic (exact) mass is 562 g/mol. The van der Waals surface area contributed by atoms with E-state index in [4.69, 9.17) is 14.2 Å². The minimum absolute atomic E-state index is 0.160.